The standard InChI is InChI=1S/C13H23N3O5/c1-13(2)8-16(6-5-15(13)3)12(20)14-9(11(18)19)7-10(17)21-4/h9H,5-8H2,1-4H3,(H,14,20)(H,18,19)/t9-/m0/s1. The summed E-state index contributed by atoms with van der Waals surface area (Å²) >= 11 is 0. The van der Waals surface area contributed by atoms with Crippen LogP contribution < -0.4 is 5.32 Å². The van der Waals surface area contributed by atoms with Gasteiger partial charge in [-0.2, -0.15) is 0 Å². The van der Waals surface area contributed by atoms with E-state index in [0.717, 1.165) is 0 Å². The van der Waals surface area contributed by atoms with Gasteiger partial charge in [-0.25, -0.2) is 9.59 Å². The molecule has 8 heteroatoms. The second-order valence-corrected chi connectivity index (χ2v) is 5.78. The summed E-state index contributed by atoms with van der Waals surface area (Å²) < 4.78 is 4.43. The van der Waals surface area contributed by atoms with Gasteiger partial charge < -0.3 is 20.1 Å². The topological polar surface area (TPSA) is 99.2 Å². The van der Waals surface area contributed by atoms with Gasteiger partial charge in [0.2, 0.25) is 0 Å². The van der Waals surface area contributed by atoms with Gasteiger partial charge in [0.1, 0.15) is 6.04 Å². The second kappa shape index (κ2) is 6.75. The van der Waals surface area contributed by atoms with Crippen LogP contribution in [0.1, 0.15) is 20.3 Å². The maximum atomic E-state index is 12.2. The molecule has 1 fully saturated rings. The van der Waals surface area contributed by atoms with Crippen LogP contribution in [0.4, 0.5) is 4.79 Å². The minimum Gasteiger partial charge on any atom is -0.480 e. The summed E-state index contributed by atoms with van der Waals surface area (Å²) in [5.74, 6) is -1.94. The number of piperazine rings is 1. The normalized spacial score (nSPS) is 19.7. The number of hydrogen-bond acceptors (Lipinski definition) is 5. The van der Waals surface area contributed by atoms with E-state index < -0.39 is 30.4 Å². The monoisotopic (exact) mass is 301 g/mol. The minimum absolute atomic E-state index is 0.184. The van der Waals surface area contributed by atoms with Crippen LogP contribution in [0.15, 0.2) is 0 Å². The first kappa shape index (κ1) is 17.2. The van der Waals surface area contributed by atoms with Crippen molar-refractivity contribution in [1.29, 1.82) is 0 Å². The molecule has 1 heterocycles. The molecule has 1 aliphatic rings. The number of nitrogens with zero attached hydrogens (tertiary/aromatic N) is 2. The van der Waals surface area contributed by atoms with E-state index in [0.29, 0.717) is 19.6 Å². The number of carboxylic acid groups (broad SMARTS) is 1. The van der Waals surface area contributed by atoms with E-state index in [1.807, 2.05) is 20.9 Å². The summed E-state index contributed by atoms with van der Waals surface area (Å²) in [6.07, 6.45) is -0.394. The molecule has 0 spiro atoms. The van der Waals surface area contributed by atoms with Crippen LogP contribution in [-0.2, 0) is 14.3 Å². The number of carbonyl (C=O) groups is 3. The quantitative estimate of drug-likeness (QED) is 0.694. The van der Waals surface area contributed by atoms with Gasteiger partial charge in [0.15, 0.2) is 0 Å². The van der Waals surface area contributed by atoms with Crippen molar-refractivity contribution in [2.45, 2.75) is 31.8 Å². The van der Waals surface area contributed by atoms with Crippen molar-refractivity contribution in [3.05, 3.63) is 0 Å². The molecule has 0 aromatic heterocycles. The Morgan fingerprint density at radius 1 is 1.33 bits per heavy atom. The Morgan fingerprint density at radius 2 is 1.95 bits per heavy atom. The van der Waals surface area contributed by atoms with Crippen LogP contribution in [-0.4, -0.2) is 78.2 Å². The predicted molar refractivity (Wildman–Crippen MR) is 74.9 cm³/mol. The Kier molecular flexibility index (Phi) is 5.54. The molecular weight excluding hydrogens is 278 g/mol. The molecule has 1 rings (SSSR count). The molecule has 21 heavy (non-hydrogen) atoms. The lowest BCUT2D eigenvalue weighted by Crippen LogP contribution is -2.61. The minimum atomic E-state index is -1.28. The zero-order valence-corrected chi connectivity index (χ0v) is 12.9. The average Bonchev–Trinajstić information content (AvgIpc) is 2.40. The van der Waals surface area contributed by atoms with Crippen LogP contribution in [0.2, 0.25) is 0 Å². The first-order valence-electron chi connectivity index (χ1n) is 6.73. The fourth-order valence-corrected chi connectivity index (χ4v) is 2.10. The number of carboxylic acids is 1. The van der Waals surface area contributed by atoms with Gasteiger partial charge in [-0.05, 0) is 20.9 Å². The highest BCUT2D eigenvalue weighted by Gasteiger charge is 2.34. The third kappa shape index (κ3) is 4.59. The molecule has 2 amide bonds. The lowest BCUT2D eigenvalue weighted by Gasteiger charge is -2.45. The van der Waals surface area contributed by atoms with Crippen LogP contribution in [0.25, 0.3) is 0 Å². The fourth-order valence-electron chi connectivity index (χ4n) is 2.10. The molecule has 0 aliphatic carbocycles. The Labute approximate surface area is 124 Å². The van der Waals surface area contributed by atoms with Gasteiger partial charge in [-0.1, -0.05) is 0 Å². The van der Waals surface area contributed by atoms with Gasteiger partial charge in [0.05, 0.1) is 13.5 Å². The number of carbonyl (C=O) groups excluding carboxylic acids is 2. The van der Waals surface area contributed by atoms with Crippen molar-refractivity contribution in [1.82, 2.24) is 15.1 Å². The van der Waals surface area contributed by atoms with Gasteiger partial charge in [0.25, 0.3) is 0 Å². The summed E-state index contributed by atoms with van der Waals surface area (Å²) in [6, 6.07) is -1.76. The molecule has 0 saturated carbocycles. The smallest absolute Gasteiger partial charge is 0.326 e. The van der Waals surface area contributed by atoms with Gasteiger partial charge in [-0.15, -0.1) is 0 Å². The van der Waals surface area contributed by atoms with Crippen LogP contribution in [0.5, 0.6) is 0 Å². The number of hydrogen-bond donors (Lipinski definition) is 2. The zero-order chi connectivity index (χ0) is 16.2. The molecule has 0 bridgehead atoms. The molecule has 2 N–H and O–H groups in total. The molecule has 0 radical (unpaired) electrons. The zero-order valence-electron chi connectivity index (χ0n) is 12.9. The number of ether oxygens (including phenoxy) is 1. The number of amides is 2. The molecule has 1 saturated heterocycles. The summed E-state index contributed by atoms with van der Waals surface area (Å²) in [6.45, 7) is 5.72. The molecule has 0 aromatic rings. The maximum Gasteiger partial charge on any atom is 0.326 e. The number of rotatable bonds is 4. The highest BCUT2D eigenvalue weighted by molar-refractivity contribution is 5.86. The van der Waals surface area contributed by atoms with Crippen molar-refractivity contribution in [2.24, 2.45) is 0 Å². The van der Waals surface area contributed by atoms with E-state index in [1.54, 1.807) is 4.90 Å². The van der Waals surface area contributed by atoms with Crippen molar-refractivity contribution in [3.63, 3.8) is 0 Å². The molecule has 8 nitrogen and oxygen atoms in total. The van der Waals surface area contributed by atoms with E-state index in [4.69, 9.17) is 5.11 Å². The maximum absolute atomic E-state index is 12.2. The van der Waals surface area contributed by atoms with Crippen LogP contribution in [0.3, 0.4) is 0 Å². The van der Waals surface area contributed by atoms with Crippen molar-refractivity contribution in [2.75, 3.05) is 33.8 Å². The van der Waals surface area contributed by atoms with E-state index in [-0.39, 0.29) is 5.54 Å². The number of likely N-dealkylation sites (N-methyl/N-ethyl adjacent to an activating group) is 1. The second-order valence-electron chi connectivity index (χ2n) is 5.78. The molecule has 0 unspecified atom stereocenters. The lowest BCUT2D eigenvalue weighted by atomic mass is 10.00. The molecular formula is C13H23N3O5. The third-order valence-electron chi connectivity index (χ3n) is 3.80. The van der Waals surface area contributed by atoms with Crippen LogP contribution in [0, 0.1) is 0 Å². The van der Waals surface area contributed by atoms with Crippen molar-refractivity contribution >= 4 is 18.0 Å². The molecule has 0 aromatic carbocycles. The first-order valence-corrected chi connectivity index (χ1v) is 6.73. The highest BCUT2D eigenvalue weighted by atomic mass is 16.5. The number of aliphatic carboxylic acids is 1. The van der Waals surface area contributed by atoms with Gasteiger partial charge in [-0.3, -0.25) is 9.69 Å². The van der Waals surface area contributed by atoms with E-state index in [1.165, 1.54) is 7.11 Å². The largest absolute Gasteiger partial charge is 0.480 e. The summed E-state index contributed by atoms with van der Waals surface area (Å²) in [4.78, 5) is 38.1. The number of esters is 1. The Balaban J connectivity index is 2.65. The van der Waals surface area contributed by atoms with Gasteiger partial charge >= 0.3 is 18.0 Å². The Morgan fingerprint density at radius 3 is 2.43 bits per heavy atom. The Hall–Kier alpha value is -1.83. The van der Waals surface area contributed by atoms with E-state index >= 15 is 0 Å². The molecule has 1 atom stereocenters. The fraction of sp³-hybridized carbons (Fsp3) is 0.769. The van der Waals surface area contributed by atoms with E-state index in [9.17, 15) is 14.4 Å². The van der Waals surface area contributed by atoms with Gasteiger partial charge in [0, 0.05) is 25.2 Å². The Bertz CT molecular complexity index is 424. The summed E-state index contributed by atoms with van der Waals surface area (Å²) in [5, 5.41) is 11.4. The number of nitrogens with one attached hydrogen (secondary N) is 1. The third-order valence-corrected chi connectivity index (χ3v) is 3.80. The van der Waals surface area contributed by atoms with Crippen molar-refractivity contribution in [3.8, 4) is 0 Å². The van der Waals surface area contributed by atoms with E-state index in [2.05, 4.69) is 15.0 Å². The first-order chi connectivity index (χ1) is 9.67. The average molecular weight is 301 g/mol. The summed E-state index contributed by atoms with van der Waals surface area (Å²) in [7, 11) is 3.15. The predicted octanol–water partition coefficient (Wildman–Crippen LogP) is -0.262. The SMILES string of the molecule is COC(=O)C[C@H](NC(=O)N1CCN(C)C(C)(C)C1)C(=O)O. The number of urea groups is 1. The van der Waals surface area contributed by atoms with Crippen molar-refractivity contribution < 1.29 is 24.2 Å². The molecule has 120 valence electrons. The number of methoxy groups -OCH3 is 1. The summed E-state index contributed by atoms with van der Waals surface area (Å²) in [5.41, 5.74) is -0.184. The molecule has 1 aliphatic heterocycles. The van der Waals surface area contributed by atoms with Crippen LogP contribution >= 0.6 is 0 Å². The highest BCUT2D eigenvalue weighted by Crippen LogP contribution is 2.18. The lowest BCUT2D eigenvalue weighted by molar-refractivity contribution is -0.147.